The van der Waals surface area contributed by atoms with E-state index in [1.165, 1.54) is 0 Å². The third-order valence-corrected chi connectivity index (χ3v) is 3.49. The molecule has 1 aromatic heterocycles. The molecule has 1 aliphatic rings. The molecule has 1 aromatic rings. The van der Waals surface area contributed by atoms with Gasteiger partial charge in [0.15, 0.2) is 6.61 Å². The van der Waals surface area contributed by atoms with E-state index in [-0.39, 0.29) is 12.5 Å². The van der Waals surface area contributed by atoms with Crippen LogP contribution in [0.2, 0.25) is 0 Å². The number of carbonyl (C=O) groups is 2. The van der Waals surface area contributed by atoms with Gasteiger partial charge in [-0.05, 0) is 30.9 Å². The molecule has 0 spiro atoms. The fraction of sp³-hybridized carbons (Fsp3) is 0.571. The summed E-state index contributed by atoms with van der Waals surface area (Å²) in [5.74, 6) is -0.0266. The van der Waals surface area contributed by atoms with Crippen molar-refractivity contribution in [2.45, 2.75) is 19.8 Å². The van der Waals surface area contributed by atoms with Crippen molar-refractivity contribution < 1.29 is 14.3 Å². The summed E-state index contributed by atoms with van der Waals surface area (Å²) in [5, 5.41) is 0. The lowest BCUT2D eigenvalue weighted by molar-refractivity contribution is -0.136. The van der Waals surface area contributed by atoms with E-state index in [0.29, 0.717) is 11.6 Å². The number of rotatable bonds is 3. The highest BCUT2D eigenvalue weighted by Gasteiger charge is 2.22. The molecule has 0 aliphatic carbocycles. The molecule has 2 rings (SSSR count). The second-order valence-corrected chi connectivity index (χ2v) is 5.17. The number of nitrogens with zero attached hydrogens (tertiary/aromatic N) is 2. The fourth-order valence-corrected chi connectivity index (χ4v) is 2.38. The highest BCUT2D eigenvalue weighted by Crippen LogP contribution is 2.15. The fourth-order valence-electron chi connectivity index (χ4n) is 2.38. The molecule has 1 atom stereocenters. The van der Waals surface area contributed by atoms with Crippen LogP contribution in [0.25, 0.3) is 0 Å². The topological polar surface area (TPSA) is 51.5 Å². The SMILES string of the molecule is CC1CCCN(C(=O)COC(=O)c2cccn2C)C1. The van der Waals surface area contributed by atoms with Crippen LogP contribution < -0.4 is 0 Å². The van der Waals surface area contributed by atoms with E-state index in [2.05, 4.69) is 6.92 Å². The molecular formula is C14H20N2O3. The maximum atomic E-state index is 11.9. The number of piperidine rings is 1. The largest absolute Gasteiger partial charge is 0.451 e. The van der Waals surface area contributed by atoms with Gasteiger partial charge in [-0.1, -0.05) is 6.92 Å². The average molecular weight is 264 g/mol. The van der Waals surface area contributed by atoms with Gasteiger partial charge in [0, 0.05) is 26.3 Å². The van der Waals surface area contributed by atoms with Crippen molar-refractivity contribution in [3.8, 4) is 0 Å². The molecule has 0 bridgehead atoms. The zero-order valence-corrected chi connectivity index (χ0v) is 11.5. The minimum Gasteiger partial charge on any atom is -0.451 e. The minimum absolute atomic E-state index is 0.103. The van der Waals surface area contributed by atoms with Gasteiger partial charge in [-0.3, -0.25) is 4.79 Å². The number of ether oxygens (including phenoxy) is 1. The zero-order chi connectivity index (χ0) is 13.8. The number of amides is 1. The van der Waals surface area contributed by atoms with Crippen LogP contribution in [-0.4, -0.2) is 41.0 Å². The summed E-state index contributed by atoms with van der Waals surface area (Å²) in [7, 11) is 1.77. The lowest BCUT2D eigenvalue weighted by Gasteiger charge is -2.30. The molecule has 1 aliphatic heterocycles. The Morgan fingerprint density at radius 1 is 1.47 bits per heavy atom. The number of esters is 1. The molecule has 1 saturated heterocycles. The van der Waals surface area contributed by atoms with E-state index in [4.69, 9.17) is 4.74 Å². The Balaban J connectivity index is 1.83. The lowest BCUT2D eigenvalue weighted by Crippen LogP contribution is -2.41. The van der Waals surface area contributed by atoms with Gasteiger partial charge in [-0.25, -0.2) is 4.79 Å². The van der Waals surface area contributed by atoms with Crippen LogP contribution in [0.4, 0.5) is 0 Å². The molecule has 5 heteroatoms. The highest BCUT2D eigenvalue weighted by molar-refractivity contribution is 5.89. The van der Waals surface area contributed by atoms with E-state index in [9.17, 15) is 9.59 Å². The third kappa shape index (κ3) is 3.36. The Kier molecular flexibility index (Phi) is 4.24. The van der Waals surface area contributed by atoms with Crippen LogP contribution in [0.15, 0.2) is 18.3 Å². The van der Waals surface area contributed by atoms with Crippen LogP contribution >= 0.6 is 0 Å². The predicted molar refractivity (Wildman–Crippen MR) is 70.7 cm³/mol. The number of hydrogen-bond acceptors (Lipinski definition) is 3. The maximum Gasteiger partial charge on any atom is 0.355 e. The summed E-state index contributed by atoms with van der Waals surface area (Å²) in [4.78, 5) is 25.5. The minimum atomic E-state index is -0.453. The van der Waals surface area contributed by atoms with Crippen molar-refractivity contribution >= 4 is 11.9 Å². The van der Waals surface area contributed by atoms with Crippen molar-refractivity contribution in [1.29, 1.82) is 0 Å². The van der Waals surface area contributed by atoms with Gasteiger partial charge >= 0.3 is 5.97 Å². The molecule has 0 saturated carbocycles. The standard InChI is InChI=1S/C14H20N2O3/c1-11-5-3-8-16(9-11)13(17)10-19-14(18)12-6-4-7-15(12)2/h4,6-7,11H,3,5,8-10H2,1-2H3. The highest BCUT2D eigenvalue weighted by atomic mass is 16.5. The van der Waals surface area contributed by atoms with Crippen LogP contribution in [0.1, 0.15) is 30.3 Å². The smallest absolute Gasteiger partial charge is 0.355 e. The molecule has 0 radical (unpaired) electrons. The summed E-state index contributed by atoms with van der Waals surface area (Å²) in [6, 6.07) is 3.44. The van der Waals surface area contributed by atoms with Crippen molar-refractivity contribution in [3.05, 3.63) is 24.0 Å². The first-order chi connectivity index (χ1) is 9.08. The Bertz CT molecular complexity index is 467. The first-order valence-corrected chi connectivity index (χ1v) is 6.64. The molecule has 2 heterocycles. The molecule has 0 aromatic carbocycles. The van der Waals surface area contributed by atoms with Crippen molar-refractivity contribution in [3.63, 3.8) is 0 Å². The predicted octanol–water partition coefficient (Wildman–Crippen LogP) is 1.44. The average Bonchev–Trinajstić information content (AvgIpc) is 2.82. The second-order valence-electron chi connectivity index (χ2n) is 5.17. The summed E-state index contributed by atoms with van der Waals surface area (Å²) in [5.41, 5.74) is 0.458. The maximum absolute atomic E-state index is 11.9. The Labute approximate surface area is 113 Å². The van der Waals surface area contributed by atoms with E-state index < -0.39 is 5.97 Å². The molecule has 1 amide bonds. The zero-order valence-electron chi connectivity index (χ0n) is 11.5. The number of hydrogen-bond donors (Lipinski definition) is 0. The summed E-state index contributed by atoms with van der Waals surface area (Å²) in [6.45, 7) is 3.50. The molecule has 104 valence electrons. The van der Waals surface area contributed by atoms with Crippen molar-refractivity contribution in [2.75, 3.05) is 19.7 Å². The first-order valence-electron chi connectivity index (χ1n) is 6.64. The van der Waals surface area contributed by atoms with Crippen LogP contribution in [0, 0.1) is 5.92 Å². The number of aromatic nitrogens is 1. The van der Waals surface area contributed by atoms with E-state index >= 15 is 0 Å². The molecule has 5 nitrogen and oxygen atoms in total. The van der Waals surface area contributed by atoms with Gasteiger partial charge in [-0.15, -0.1) is 0 Å². The van der Waals surface area contributed by atoms with Gasteiger partial charge in [0.1, 0.15) is 5.69 Å². The molecule has 1 unspecified atom stereocenters. The van der Waals surface area contributed by atoms with Gasteiger partial charge in [-0.2, -0.15) is 0 Å². The summed E-state index contributed by atoms with van der Waals surface area (Å²) >= 11 is 0. The van der Waals surface area contributed by atoms with Crippen molar-refractivity contribution in [1.82, 2.24) is 9.47 Å². The lowest BCUT2D eigenvalue weighted by atomic mass is 10.0. The van der Waals surface area contributed by atoms with Crippen LogP contribution in [0.5, 0.6) is 0 Å². The van der Waals surface area contributed by atoms with Crippen LogP contribution in [-0.2, 0) is 16.6 Å². The van der Waals surface area contributed by atoms with Gasteiger partial charge in [0.05, 0.1) is 0 Å². The molecule has 19 heavy (non-hydrogen) atoms. The van der Waals surface area contributed by atoms with Crippen LogP contribution in [0.3, 0.4) is 0 Å². The summed E-state index contributed by atoms with van der Waals surface area (Å²) < 4.78 is 6.74. The molecule has 0 N–H and O–H groups in total. The number of carbonyl (C=O) groups excluding carboxylic acids is 2. The Morgan fingerprint density at radius 2 is 2.26 bits per heavy atom. The van der Waals surface area contributed by atoms with E-state index in [1.54, 1.807) is 34.8 Å². The summed E-state index contributed by atoms with van der Waals surface area (Å²) in [6.07, 6.45) is 3.95. The van der Waals surface area contributed by atoms with Gasteiger partial charge in [0.2, 0.25) is 0 Å². The Morgan fingerprint density at radius 3 is 2.89 bits per heavy atom. The normalized spacial score (nSPS) is 19.3. The first kappa shape index (κ1) is 13.6. The second kappa shape index (κ2) is 5.91. The molecule has 1 fully saturated rings. The number of likely N-dealkylation sites (tertiary alicyclic amines) is 1. The monoisotopic (exact) mass is 264 g/mol. The number of aryl methyl sites for hydroxylation is 1. The third-order valence-electron chi connectivity index (χ3n) is 3.49. The quantitative estimate of drug-likeness (QED) is 0.776. The van der Waals surface area contributed by atoms with E-state index in [1.807, 2.05) is 0 Å². The van der Waals surface area contributed by atoms with Crippen molar-refractivity contribution in [2.24, 2.45) is 13.0 Å². The Hall–Kier alpha value is -1.78. The molecular weight excluding hydrogens is 244 g/mol. The van der Waals surface area contributed by atoms with E-state index in [0.717, 1.165) is 25.9 Å². The van der Waals surface area contributed by atoms with Gasteiger partial charge in [0.25, 0.3) is 5.91 Å². The van der Waals surface area contributed by atoms with Gasteiger partial charge < -0.3 is 14.2 Å².